The highest BCUT2D eigenvalue weighted by molar-refractivity contribution is 6.09. The molecule has 0 unspecified atom stereocenters. The van der Waals surface area contributed by atoms with Crippen LogP contribution < -0.4 is 15.5 Å². The fourth-order valence-electron chi connectivity index (χ4n) is 4.23. The van der Waals surface area contributed by atoms with E-state index in [2.05, 4.69) is 10.6 Å². The first kappa shape index (κ1) is 19.2. The number of urea groups is 1. The van der Waals surface area contributed by atoms with Crippen molar-refractivity contribution < 1.29 is 23.7 Å². The first-order valence-corrected chi connectivity index (χ1v) is 9.75. The van der Waals surface area contributed by atoms with Gasteiger partial charge in [-0.15, -0.1) is 0 Å². The molecule has 0 bridgehead atoms. The first-order valence-electron chi connectivity index (χ1n) is 9.75. The predicted octanol–water partition coefficient (Wildman–Crippen LogP) is -0.0251. The van der Waals surface area contributed by atoms with Crippen molar-refractivity contribution in [2.45, 2.75) is 24.4 Å². The van der Waals surface area contributed by atoms with Gasteiger partial charge in [0.25, 0.3) is 5.91 Å². The van der Waals surface area contributed by atoms with Crippen molar-refractivity contribution in [3.63, 3.8) is 0 Å². The van der Waals surface area contributed by atoms with E-state index in [4.69, 9.17) is 4.42 Å². The molecule has 1 aromatic heterocycles. The molecule has 2 aliphatic rings. The van der Waals surface area contributed by atoms with Gasteiger partial charge in [-0.3, -0.25) is 14.5 Å². The summed E-state index contributed by atoms with van der Waals surface area (Å²) in [6, 6.07) is 10.7. The summed E-state index contributed by atoms with van der Waals surface area (Å²) in [4.78, 5) is 40.3. The molecule has 1 saturated heterocycles. The number of quaternary nitrogens is 1. The van der Waals surface area contributed by atoms with Gasteiger partial charge >= 0.3 is 6.03 Å². The molecule has 2 atom stereocenters. The van der Waals surface area contributed by atoms with Gasteiger partial charge in [-0.05, 0) is 36.1 Å². The third kappa shape index (κ3) is 3.29. The summed E-state index contributed by atoms with van der Waals surface area (Å²) in [6.45, 7) is 0.0362. The van der Waals surface area contributed by atoms with Crippen LogP contribution in [0.25, 0.3) is 0 Å². The number of carbonyl (C=O) groups is 3. The van der Waals surface area contributed by atoms with Crippen molar-refractivity contribution >= 4 is 17.8 Å². The molecule has 152 valence electrons. The van der Waals surface area contributed by atoms with Crippen LogP contribution in [0.2, 0.25) is 0 Å². The van der Waals surface area contributed by atoms with Gasteiger partial charge in [0.2, 0.25) is 5.91 Å². The molecule has 0 saturated carbocycles. The second-order valence-electron chi connectivity index (χ2n) is 7.83. The molecule has 2 heterocycles. The molecule has 8 heteroatoms. The molecule has 1 aliphatic heterocycles. The molecule has 0 radical (unpaired) electrons. The van der Waals surface area contributed by atoms with Crippen molar-refractivity contribution in [1.82, 2.24) is 15.5 Å². The van der Waals surface area contributed by atoms with Crippen molar-refractivity contribution in [3.8, 4) is 0 Å². The number of aryl methyl sites for hydroxylation is 1. The third-order valence-electron chi connectivity index (χ3n) is 5.81. The van der Waals surface area contributed by atoms with Crippen LogP contribution in [-0.2, 0) is 21.5 Å². The molecule has 1 fully saturated rings. The number of hydrogen-bond acceptors (Lipinski definition) is 4. The molecule has 3 N–H and O–H groups in total. The lowest BCUT2D eigenvalue weighted by Crippen LogP contribution is -3.07. The van der Waals surface area contributed by atoms with E-state index in [0.717, 1.165) is 33.1 Å². The maximum Gasteiger partial charge on any atom is 0.325 e. The van der Waals surface area contributed by atoms with E-state index in [1.807, 2.05) is 44.4 Å². The number of carbonyl (C=O) groups excluding carboxylic acids is 3. The largest absolute Gasteiger partial charge is 0.463 e. The topological polar surface area (TPSA) is 96.1 Å². The minimum Gasteiger partial charge on any atom is -0.463 e. The van der Waals surface area contributed by atoms with E-state index >= 15 is 0 Å². The smallest absolute Gasteiger partial charge is 0.325 e. The second-order valence-corrected chi connectivity index (χ2v) is 7.83. The van der Waals surface area contributed by atoms with E-state index in [1.54, 1.807) is 12.3 Å². The molecule has 2 aromatic rings. The summed E-state index contributed by atoms with van der Waals surface area (Å²) >= 11 is 0. The van der Waals surface area contributed by atoms with Gasteiger partial charge in [0.1, 0.15) is 12.1 Å². The SMILES string of the molecule is C[NH+](C)[C@@H](CNC(=O)CN1C(=O)N[C@]2(CCc3ccccc32)C1=O)c1ccco1. The van der Waals surface area contributed by atoms with Gasteiger partial charge in [-0.2, -0.15) is 0 Å². The summed E-state index contributed by atoms with van der Waals surface area (Å²) in [5.41, 5.74) is 0.844. The van der Waals surface area contributed by atoms with Crippen molar-refractivity contribution in [3.05, 3.63) is 59.5 Å². The average Bonchev–Trinajstić information content (AvgIpc) is 3.39. The maximum absolute atomic E-state index is 13.1. The Morgan fingerprint density at radius 3 is 2.79 bits per heavy atom. The number of imide groups is 1. The Kier molecular flexibility index (Phi) is 4.87. The number of amides is 4. The number of benzene rings is 1. The summed E-state index contributed by atoms with van der Waals surface area (Å²) in [5, 5.41) is 5.66. The van der Waals surface area contributed by atoms with E-state index in [9.17, 15) is 14.4 Å². The quantitative estimate of drug-likeness (QED) is 0.597. The Morgan fingerprint density at radius 2 is 2.07 bits per heavy atom. The zero-order valence-corrected chi connectivity index (χ0v) is 16.5. The van der Waals surface area contributed by atoms with Crippen LogP contribution in [0, 0.1) is 0 Å². The van der Waals surface area contributed by atoms with Gasteiger partial charge in [0.05, 0.1) is 26.9 Å². The normalized spacial score (nSPS) is 21.6. The van der Waals surface area contributed by atoms with Crippen molar-refractivity contribution in [1.29, 1.82) is 0 Å². The van der Waals surface area contributed by atoms with E-state index in [-0.39, 0.29) is 24.4 Å². The van der Waals surface area contributed by atoms with Crippen molar-refractivity contribution in [2.24, 2.45) is 0 Å². The average molecular weight is 397 g/mol. The summed E-state index contributed by atoms with van der Waals surface area (Å²) in [7, 11) is 3.94. The fourth-order valence-corrected chi connectivity index (χ4v) is 4.23. The van der Waals surface area contributed by atoms with E-state index < -0.39 is 11.6 Å². The number of rotatable bonds is 6. The van der Waals surface area contributed by atoms with Crippen LogP contribution in [-0.4, -0.2) is 49.9 Å². The Bertz CT molecular complexity index is 940. The van der Waals surface area contributed by atoms with Gasteiger partial charge < -0.3 is 20.0 Å². The van der Waals surface area contributed by atoms with Gasteiger partial charge in [0, 0.05) is 0 Å². The fraction of sp³-hybridized carbons (Fsp3) is 0.381. The number of hydrogen-bond donors (Lipinski definition) is 3. The minimum atomic E-state index is -1.04. The van der Waals surface area contributed by atoms with Crippen LogP contribution in [0.4, 0.5) is 4.79 Å². The van der Waals surface area contributed by atoms with Crippen LogP contribution in [0.15, 0.2) is 47.1 Å². The number of furan rings is 1. The molecule has 4 rings (SSSR count). The standard InChI is InChI=1S/C21H24N4O4/c1-24(2)16(17-8-5-11-29-17)12-22-18(26)13-25-19(27)21(23-20(25)28)10-9-14-6-3-4-7-15(14)21/h3-8,11,16H,9-10,12-13H2,1-2H3,(H,22,26)(H,23,28)/p+1/t16-,21-/m0/s1. The zero-order chi connectivity index (χ0) is 20.6. The minimum absolute atomic E-state index is 0.0647. The van der Waals surface area contributed by atoms with Crippen LogP contribution in [0.1, 0.15) is 29.3 Å². The molecule has 29 heavy (non-hydrogen) atoms. The number of fused-ring (bicyclic) bond motifs is 2. The maximum atomic E-state index is 13.1. The Balaban J connectivity index is 1.43. The molecule has 1 spiro atoms. The summed E-state index contributed by atoms with van der Waals surface area (Å²) in [6.07, 6.45) is 2.83. The first-order chi connectivity index (χ1) is 13.9. The monoisotopic (exact) mass is 397 g/mol. The zero-order valence-electron chi connectivity index (χ0n) is 16.5. The van der Waals surface area contributed by atoms with Crippen LogP contribution >= 0.6 is 0 Å². The number of nitrogens with zero attached hydrogens (tertiary/aromatic N) is 1. The lowest BCUT2D eigenvalue weighted by molar-refractivity contribution is -0.891. The lowest BCUT2D eigenvalue weighted by Gasteiger charge is -2.22. The molecule has 1 aromatic carbocycles. The molecular weight excluding hydrogens is 372 g/mol. The Morgan fingerprint density at radius 1 is 1.28 bits per heavy atom. The van der Waals surface area contributed by atoms with Crippen molar-refractivity contribution in [2.75, 3.05) is 27.2 Å². The second kappa shape index (κ2) is 7.36. The highest BCUT2D eigenvalue weighted by atomic mass is 16.3. The lowest BCUT2D eigenvalue weighted by atomic mass is 9.92. The van der Waals surface area contributed by atoms with Gasteiger partial charge in [-0.1, -0.05) is 24.3 Å². The molecule has 1 aliphatic carbocycles. The number of nitrogens with one attached hydrogen (secondary N) is 3. The highest BCUT2D eigenvalue weighted by Gasteiger charge is 2.55. The Labute approximate surface area is 168 Å². The van der Waals surface area contributed by atoms with E-state index in [0.29, 0.717) is 13.0 Å². The van der Waals surface area contributed by atoms with Gasteiger partial charge in [0.15, 0.2) is 11.8 Å². The van der Waals surface area contributed by atoms with Gasteiger partial charge in [-0.25, -0.2) is 4.79 Å². The summed E-state index contributed by atoms with van der Waals surface area (Å²) < 4.78 is 5.45. The van der Waals surface area contributed by atoms with E-state index in [1.165, 1.54) is 0 Å². The van der Waals surface area contributed by atoms with Crippen LogP contribution in [0.5, 0.6) is 0 Å². The predicted molar refractivity (Wildman–Crippen MR) is 104 cm³/mol. The Hall–Kier alpha value is -3.13. The molecular formula is C21H25N4O4+. The third-order valence-corrected chi connectivity index (χ3v) is 5.81. The number of likely N-dealkylation sites (N-methyl/N-ethyl adjacent to an activating group) is 1. The summed E-state index contributed by atoms with van der Waals surface area (Å²) in [5.74, 6) is 0.0277. The highest BCUT2D eigenvalue weighted by Crippen LogP contribution is 2.41. The van der Waals surface area contributed by atoms with Crippen LogP contribution in [0.3, 0.4) is 0 Å². The molecule has 4 amide bonds. The molecule has 8 nitrogen and oxygen atoms in total.